The SMILES string of the molecule is CCC1CCCCC1n1nc(C)c(CCNC2CC2)c1C. The average molecular weight is 289 g/mol. The molecule has 1 heterocycles. The second-order valence-corrected chi connectivity index (χ2v) is 7.09. The first-order valence-electron chi connectivity index (χ1n) is 8.98. The fraction of sp³-hybridized carbons (Fsp3) is 0.833. The topological polar surface area (TPSA) is 29.9 Å². The van der Waals surface area contributed by atoms with Gasteiger partial charge in [-0.05, 0) is 64.0 Å². The smallest absolute Gasteiger partial charge is 0.0629 e. The lowest BCUT2D eigenvalue weighted by Gasteiger charge is -2.32. The number of nitrogens with zero attached hydrogens (tertiary/aromatic N) is 2. The van der Waals surface area contributed by atoms with Crippen LogP contribution in [0.15, 0.2) is 0 Å². The summed E-state index contributed by atoms with van der Waals surface area (Å²) in [6.07, 6.45) is 10.7. The molecule has 0 spiro atoms. The van der Waals surface area contributed by atoms with Gasteiger partial charge in [0.2, 0.25) is 0 Å². The van der Waals surface area contributed by atoms with Crippen LogP contribution >= 0.6 is 0 Å². The molecule has 118 valence electrons. The Morgan fingerprint density at radius 2 is 1.90 bits per heavy atom. The summed E-state index contributed by atoms with van der Waals surface area (Å²) in [5, 5.41) is 8.57. The van der Waals surface area contributed by atoms with Gasteiger partial charge < -0.3 is 5.32 Å². The van der Waals surface area contributed by atoms with Gasteiger partial charge in [-0.15, -0.1) is 0 Å². The molecule has 0 radical (unpaired) electrons. The van der Waals surface area contributed by atoms with Crippen molar-refractivity contribution in [3.8, 4) is 0 Å². The van der Waals surface area contributed by atoms with E-state index in [-0.39, 0.29) is 0 Å². The van der Waals surface area contributed by atoms with E-state index in [1.807, 2.05) is 0 Å². The summed E-state index contributed by atoms with van der Waals surface area (Å²) < 4.78 is 2.38. The highest BCUT2D eigenvalue weighted by atomic mass is 15.3. The van der Waals surface area contributed by atoms with E-state index in [2.05, 4.69) is 30.8 Å². The maximum Gasteiger partial charge on any atom is 0.0629 e. The van der Waals surface area contributed by atoms with Crippen molar-refractivity contribution < 1.29 is 0 Å². The maximum atomic E-state index is 4.93. The van der Waals surface area contributed by atoms with E-state index in [4.69, 9.17) is 5.10 Å². The third-order valence-corrected chi connectivity index (χ3v) is 5.57. The van der Waals surface area contributed by atoms with Crippen molar-refractivity contribution in [3.63, 3.8) is 0 Å². The standard InChI is InChI=1S/C18H31N3/c1-4-15-7-5-6-8-18(15)21-14(3)17(13(2)20-21)11-12-19-16-9-10-16/h15-16,18-19H,4-12H2,1-3H3. The van der Waals surface area contributed by atoms with Gasteiger partial charge in [-0.25, -0.2) is 0 Å². The Labute approximate surface area is 129 Å². The van der Waals surface area contributed by atoms with Gasteiger partial charge in [0.1, 0.15) is 0 Å². The second-order valence-electron chi connectivity index (χ2n) is 7.09. The Hall–Kier alpha value is -0.830. The molecule has 2 fully saturated rings. The molecule has 2 unspecified atom stereocenters. The Morgan fingerprint density at radius 1 is 1.14 bits per heavy atom. The molecule has 0 amide bonds. The molecular weight excluding hydrogens is 258 g/mol. The summed E-state index contributed by atoms with van der Waals surface area (Å²) in [4.78, 5) is 0. The van der Waals surface area contributed by atoms with Crippen molar-refractivity contribution in [3.05, 3.63) is 17.0 Å². The number of rotatable bonds is 6. The molecule has 0 aromatic carbocycles. The highest BCUT2D eigenvalue weighted by molar-refractivity contribution is 5.25. The quantitative estimate of drug-likeness (QED) is 0.859. The Bertz CT molecular complexity index is 473. The molecule has 3 nitrogen and oxygen atoms in total. The lowest BCUT2D eigenvalue weighted by atomic mass is 9.83. The first-order chi connectivity index (χ1) is 10.2. The first-order valence-corrected chi connectivity index (χ1v) is 8.98. The molecule has 21 heavy (non-hydrogen) atoms. The summed E-state index contributed by atoms with van der Waals surface area (Å²) in [5.74, 6) is 0.828. The molecular formula is C18H31N3. The highest BCUT2D eigenvalue weighted by Crippen LogP contribution is 2.37. The van der Waals surface area contributed by atoms with E-state index in [0.29, 0.717) is 6.04 Å². The van der Waals surface area contributed by atoms with E-state index in [1.54, 1.807) is 0 Å². The lowest BCUT2D eigenvalue weighted by Crippen LogP contribution is -2.25. The zero-order chi connectivity index (χ0) is 14.8. The molecule has 0 aliphatic heterocycles. The Kier molecular flexibility index (Phi) is 4.68. The monoisotopic (exact) mass is 289 g/mol. The van der Waals surface area contributed by atoms with Crippen LogP contribution in [-0.4, -0.2) is 22.4 Å². The number of nitrogens with one attached hydrogen (secondary N) is 1. The summed E-state index contributed by atoms with van der Waals surface area (Å²) in [6.45, 7) is 7.93. The van der Waals surface area contributed by atoms with Crippen LogP contribution in [0.3, 0.4) is 0 Å². The van der Waals surface area contributed by atoms with Crippen LogP contribution < -0.4 is 5.32 Å². The molecule has 2 saturated carbocycles. The Morgan fingerprint density at radius 3 is 2.62 bits per heavy atom. The van der Waals surface area contributed by atoms with Crippen LogP contribution in [0.5, 0.6) is 0 Å². The van der Waals surface area contributed by atoms with Gasteiger partial charge in [0.25, 0.3) is 0 Å². The van der Waals surface area contributed by atoms with Gasteiger partial charge in [-0.1, -0.05) is 26.2 Å². The summed E-state index contributed by atoms with van der Waals surface area (Å²) >= 11 is 0. The van der Waals surface area contributed by atoms with Crippen LogP contribution in [-0.2, 0) is 6.42 Å². The molecule has 1 N–H and O–H groups in total. The van der Waals surface area contributed by atoms with Crippen molar-refractivity contribution in [2.24, 2.45) is 5.92 Å². The minimum atomic E-state index is 0.646. The lowest BCUT2D eigenvalue weighted by molar-refractivity contribution is 0.214. The minimum Gasteiger partial charge on any atom is -0.314 e. The predicted octanol–water partition coefficient (Wildman–Crippen LogP) is 3.94. The van der Waals surface area contributed by atoms with Crippen LogP contribution in [0.2, 0.25) is 0 Å². The predicted molar refractivity (Wildman–Crippen MR) is 87.7 cm³/mol. The van der Waals surface area contributed by atoms with Gasteiger partial charge in [-0.2, -0.15) is 5.10 Å². The molecule has 1 aromatic heterocycles. The van der Waals surface area contributed by atoms with Gasteiger partial charge >= 0.3 is 0 Å². The molecule has 3 heteroatoms. The van der Waals surface area contributed by atoms with Crippen LogP contribution in [0.4, 0.5) is 0 Å². The van der Waals surface area contributed by atoms with E-state index in [0.717, 1.165) is 24.9 Å². The van der Waals surface area contributed by atoms with Gasteiger partial charge in [0, 0.05) is 11.7 Å². The Balaban J connectivity index is 1.72. The summed E-state index contributed by atoms with van der Waals surface area (Å²) in [5.41, 5.74) is 4.17. The van der Waals surface area contributed by atoms with Crippen molar-refractivity contribution >= 4 is 0 Å². The van der Waals surface area contributed by atoms with E-state index in [1.165, 1.54) is 61.9 Å². The normalized spacial score (nSPS) is 26.2. The number of aryl methyl sites for hydroxylation is 1. The first kappa shape index (κ1) is 15.1. The molecule has 2 aliphatic carbocycles. The molecule has 0 saturated heterocycles. The zero-order valence-electron chi connectivity index (χ0n) is 14.0. The molecule has 0 bridgehead atoms. The van der Waals surface area contributed by atoms with E-state index >= 15 is 0 Å². The third kappa shape index (κ3) is 3.33. The van der Waals surface area contributed by atoms with E-state index < -0.39 is 0 Å². The largest absolute Gasteiger partial charge is 0.314 e. The average Bonchev–Trinajstić information content (AvgIpc) is 3.28. The van der Waals surface area contributed by atoms with Crippen LogP contribution in [0.25, 0.3) is 0 Å². The van der Waals surface area contributed by atoms with Crippen LogP contribution in [0.1, 0.15) is 74.9 Å². The van der Waals surface area contributed by atoms with E-state index in [9.17, 15) is 0 Å². The third-order valence-electron chi connectivity index (χ3n) is 5.57. The number of hydrogen-bond acceptors (Lipinski definition) is 2. The van der Waals surface area contributed by atoms with Gasteiger partial charge in [0.15, 0.2) is 0 Å². The number of hydrogen-bond donors (Lipinski definition) is 1. The second kappa shape index (κ2) is 6.51. The van der Waals surface area contributed by atoms with Gasteiger partial charge in [0.05, 0.1) is 11.7 Å². The van der Waals surface area contributed by atoms with Crippen molar-refractivity contribution in [2.75, 3.05) is 6.54 Å². The summed E-state index contributed by atoms with van der Waals surface area (Å²) in [7, 11) is 0. The molecule has 3 rings (SSSR count). The molecule has 2 aliphatic rings. The van der Waals surface area contributed by atoms with Crippen molar-refractivity contribution in [1.82, 2.24) is 15.1 Å². The zero-order valence-corrected chi connectivity index (χ0v) is 14.0. The fourth-order valence-corrected chi connectivity index (χ4v) is 4.06. The molecule has 1 aromatic rings. The van der Waals surface area contributed by atoms with Gasteiger partial charge in [-0.3, -0.25) is 4.68 Å². The summed E-state index contributed by atoms with van der Waals surface area (Å²) in [6, 6.07) is 1.45. The van der Waals surface area contributed by atoms with Crippen molar-refractivity contribution in [2.45, 2.75) is 84.2 Å². The minimum absolute atomic E-state index is 0.646. The van der Waals surface area contributed by atoms with Crippen molar-refractivity contribution in [1.29, 1.82) is 0 Å². The van der Waals surface area contributed by atoms with Crippen LogP contribution in [0, 0.1) is 19.8 Å². The highest BCUT2D eigenvalue weighted by Gasteiger charge is 2.28. The molecule has 2 atom stereocenters. The number of aromatic nitrogens is 2. The maximum absolute atomic E-state index is 4.93. The fourth-order valence-electron chi connectivity index (χ4n) is 4.06.